The number of carbonyl (C=O) groups is 4. The Morgan fingerprint density at radius 1 is 1.00 bits per heavy atom. The zero-order chi connectivity index (χ0) is 21.5. The molecule has 158 valence electrons. The Labute approximate surface area is 183 Å². The van der Waals surface area contributed by atoms with Crippen molar-refractivity contribution < 1.29 is 76.1 Å². The maximum Gasteiger partial charge on any atom is 1.00 e. The largest absolute Gasteiger partial charge is 1.00 e. The average molecular weight is 424 g/mol. The first kappa shape index (κ1) is 31.8. The number of rotatable bonds is 3. The van der Waals surface area contributed by atoms with E-state index in [0.717, 1.165) is 7.11 Å². The second kappa shape index (κ2) is 17.1. The molecular weight excluding hydrogens is 399 g/mol. The molecule has 28 heavy (non-hydrogen) atoms. The molecule has 1 unspecified atom stereocenters. The first-order chi connectivity index (χ1) is 12.6. The molecule has 0 radical (unpaired) electrons. The first-order valence-corrected chi connectivity index (χ1v) is 8.28. The Hall–Kier alpha value is -0.840. The topological polar surface area (TPSA) is 101 Å². The second-order valence-corrected chi connectivity index (χ2v) is 5.72. The van der Waals surface area contributed by atoms with E-state index in [0.29, 0.717) is 19.4 Å². The van der Waals surface area contributed by atoms with Gasteiger partial charge in [0.25, 0.3) is 6.47 Å². The molecule has 2 rings (SSSR count). The fourth-order valence-corrected chi connectivity index (χ4v) is 2.12. The average Bonchev–Trinajstić information content (AvgIpc) is 2.63. The molecule has 0 amide bonds. The Balaban J connectivity index is -0.000000333. The van der Waals surface area contributed by atoms with E-state index in [1.807, 2.05) is 0 Å². The molecule has 0 aromatic carbocycles. The molecule has 2 aliphatic carbocycles. The Bertz CT molecular complexity index is 463. The van der Waals surface area contributed by atoms with E-state index in [4.69, 9.17) is 5.11 Å². The minimum absolute atomic E-state index is 0. The molecule has 0 bridgehead atoms. The molecule has 0 aromatic rings. The van der Waals surface area contributed by atoms with E-state index in [-0.39, 0.29) is 73.2 Å². The van der Waals surface area contributed by atoms with Gasteiger partial charge in [-0.25, -0.2) is 17.6 Å². The van der Waals surface area contributed by atoms with Crippen LogP contribution in [0.2, 0.25) is 0 Å². The van der Waals surface area contributed by atoms with Crippen molar-refractivity contribution in [3.8, 4) is 0 Å². The molecule has 0 saturated heterocycles. The molecule has 0 heterocycles. The number of hydrogen-bond acceptors (Lipinski definition) is 6. The summed E-state index contributed by atoms with van der Waals surface area (Å²) in [4.78, 5) is 40.5. The third-order valence-electron chi connectivity index (χ3n) is 3.61. The summed E-state index contributed by atoms with van der Waals surface area (Å²) in [6.45, 7) is 2.66. The van der Waals surface area contributed by atoms with E-state index >= 15 is 0 Å². The van der Waals surface area contributed by atoms with Crippen molar-refractivity contribution in [1.29, 1.82) is 0 Å². The summed E-state index contributed by atoms with van der Waals surface area (Å²) >= 11 is 0. The van der Waals surface area contributed by atoms with Crippen molar-refractivity contribution in [3.05, 3.63) is 0 Å². The van der Waals surface area contributed by atoms with Crippen LogP contribution in [-0.4, -0.2) is 49.9 Å². The van der Waals surface area contributed by atoms with Gasteiger partial charge in [0.15, 0.2) is 0 Å². The maximum atomic E-state index is 12.5. The molecule has 11 heteroatoms. The summed E-state index contributed by atoms with van der Waals surface area (Å²) in [7, 11) is 0.750. The molecule has 0 spiro atoms. The molecule has 2 aliphatic rings. The van der Waals surface area contributed by atoms with Gasteiger partial charge in [-0.2, -0.15) is 7.11 Å². The van der Waals surface area contributed by atoms with E-state index < -0.39 is 30.6 Å². The van der Waals surface area contributed by atoms with Crippen LogP contribution in [0.3, 0.4) is 0 Å². The summed E-state index contributed by atoms with van der Waals surface area (Å²) in [6, 6.07) is 0. The van der Waals surface area contributed by atoms with Crippen LogP contribution in [0.25, 0.3) is 0 Å². The number of carbonyl (C=O) groups excluding carboxylic acids is 4. The minimum Gasteiger partial charge on any atom is -0.857 e. The van der Waals surface area contributed by atoms with E-state index in [9.17, 15) is 36.7 Å². The summed E-state index contributed by atoms with van der Waals surface area (Å²) in [6.07, 6.45) is -1.23. The van der Waals surface area contributed by atoms with Crippen LogP contribution in [0.1, 0.15) is 51.9 Å². The number of Topliss-reactive ketones (excluding diaryl/α,β-unsaturated/α-hetero) is 2. The van der Waals surface area contributed by atoms with Crippen molar-refractivity contribution in [2.45, 2.75) is 63.7 Å². The molecule has 1 atom stereocenters. The summed E-state index contributed by atoms with van der Waals surface area (Å²) in [5, 5.41) is 8.25. The Morgan fingerprint density at radius 2 is 1.46 bits per heavy atom. The predicted octanol–water partition coefficient (Wildman–Crippen LogP) is -0.886. The molecule has 0 N–H and O–H groups in total. The molecule has 0 aliphatic heterocycles. The molecule has 2 saturated carbocycles. The van der Waals surface area contributed by atoms with Crippen molar-refractivity contribution in [3.63, 3.8) is 0 Å². The third-order valence-corrected chi connectivity index (χ3v) is 3.61. The SMILES string of the molecule is CCOC=O.C[O-].O=C1CCC(F)(F)CC1.O=CC1CC(F)(F)CCC1=O.[Na+]. The maximum absolute atomic E-state index is 12.5. The zero-order valence-electron chi connectivity index (χ0n) is 16.4. The van der Waals surface area contributed by atoms with Gasteiger partial charge in [0.1, 0.15) is 17.9 Å². The van der Waals surface area contributed by atoms with Gasteiger partial charge >= 0.3 is 29.6 Å². The van der Waals surface area contributed by atoms with E-state index in [1.165, 1.54) is 0 Å². The van der Waals surface area contributed by atoms with Crippen molar-refractivity contribution in [2.24, 2.45) is 5.92 Å². The summed E-state index contributed by atoms with van der Waals surface area (Å²) < 4.78 is 53.6. The smallest absolute Gasteiger partial charge is 0.857 e. The van der Waals surface area contributed by atoms with Crippen molar-refractivity contribution in [1.82, 2.24) is 0 Å². The van der Waals surface area contributed by atoms with Gasteiger partial charge in [-0.3, -0.25) is 14.4 Å². The van der Waals surface area contributed by atoms with Gasteiger partial charge in [0.2, 0.25) is 11.8 Å². The van der Waals surface area contributed by atoms with Crippen LogP contribution in [-0.2, 0) is 23.9 Å². The number of ether oxygens (including phenoxy) is 1. The first-order valence-electron chi connectivity index (χ1n) is 8.28. The van der Waals surface area contributed by atoms with Crippen LogP contribution in [0.5, 0.6) is 0 Å². The van der Waals surface area contributed by atoms with Gasteiger partial charge in [-0.15, -0.1) is 0 Å². The van der Waals surface area contributed by atoms with Crippen LogP contribution in [0.4, 0.5) is 17.6 Å². The number of aldehydes is 1. The Kier molecular flexibility index (Phi) is 19.4. The predicted molar refractivity (Wildman–Crippen MR) is 85.4 cm³/mol. The molecule has 2 fully saturated rings. The van der Waals surface area contributed by atoms with Crippen LogP contribution in [0, 0.1) is 5.92 Å². The zero-order valence-corrected chi connectivity index (χ0v) is 18.4. The quantitative estimate of drug-likeness (QED) is 0.252. The third kappa shape index (κ3) is 16.1. The summed E-state index contributed by atoms with van der Waals surface area (Å²) in [5.41, 5.74) is 0. The van der Waals surface area contributed by atoms with Gasteiger partial charge in [-0.05, 0) is 6.92 Å². The Morgan fingerprint density at radius 3 is 1.75 bits per heavy atom. The van der Waals surface area contributed by atoms with Gasteiger partial charge in [0.05, 0.1) is 12.5 Å². The van der Waals surface area contributed by atoms with Crippen molar-refractivity contribution in [2.75, 3.05) is 13.7 Å². The van der Waals surface area contributed by atoms with E-state index in [1.54, 1.807) is 6.92 Å². The van der Waals surface area contributed by atoms with Gasteiger partial charge in [-0.1, -0.05) is 0 Å². The number of halogens is 4. The van der Waals surface area contributed by atoms with E-state index in [2.05, 4.69) is 4.74 Å². The van der Waals surface area contributed by atoms with Gasteiger partial charge < -0.3 is 14.6 Å². The number of alkyl halides is 4. The molecular formula is C17H25F4NaO6. The molecule has 6 nitrogen and oxygen atoms in total. The van der Waals surface area contributed by atoms with Crippen LogP contribution in [0.15, 0.2) is 0 Å². The number of hydrogen-bond donors (Lipinski definition) is 0. The van der Waals surface area contributed by atoms with Crippen LogP contribution >= 0.6 is 0 Å². The normalized spacial score (nSPS) is 21.6. The van der Waals surface area contributed by atoms with Crippen LogP contribution < -0.4 is 34.7 Å². The fraction of sp³-hybridized carbons (Fsp3) is 0.765. The summed E-state index contributed by atoms with van der Waals surface area (Å²) in [5.74, 6) is -6.83. The number of ketones is 2. The van der Waals surface area contributed by atoms with Gasteiger partial charge in [0, 0.05) is 44.9 Å². The van der Waals surface area contributed by atoms with Crippen molar-refractivity contribution >= 4 is 24.3 Å². The standard InChI is InChI=1S/C7H8F2O2.C6H8F2O.C3H6O2.CH3O.Na/c8-7(9)2-1-6(11)5(3-7)4-10;7-6(8)3-1-5(9)2-4-6;1-2-5-3-4;1-2;/h4-5H,1-3H2;1-4H2;3H,2H2,1H3;1H3;/q;;;-1;+1. The molecule has 0 aromatic heterocycles. The fourth-order valence-electron chi connectivity index (χ4n) is 2.12. The minimum atomic E-state index is -2.82. The second-order valence-electron chi connectivity index (χ2n) is 5.72. The monoisotopic (exact) mass is 424 g/mol.